The molecule has 120 valence electrons. The lowest BCUT2D eigenvalue weighted by molar-refractivity contribution is -0.155. The SMILES string of the molecule is CC(OC(=O)CCCOc1cccc(Br)c1)C(=O)NC1CC1. The average Bonchev–Trinajstić information content (AvgIpc) is 3.27. The molecule has 0 aliphatic heterocycles. The summed E-state index contributed by atoms with van der Waals surface area (Å²) in [5.74, 6) is 0.150. The molecule has 0 bridgehead atoms. The monoisotopic (exact) mass is 369 g/mol. The lowest BCUT2D eigenvalue weighted by Crippen LogP contribution is -2.37. The maximum Gasteiger partial charge on any atom is 0.306 e. The van der Waals surface area contributed by atoms with Gasteiger partial charge in [0.25, 0.3) is 5.91 Å². The summed E-state index contributed by atoms with van der Waals surface area (Å²) < 4.78 is 11.6. The Balaban J connectivity index is 1.59. The largest absolute Gasteiger partial charge is 0.494 e. The van der Waals surface area contributed by atoms with Crippen LogP contribution in [0.3, 0.4) is 0 Å². The number of carbonyl (C=O) groups is 2. The molecule has 2 rings (SSSR count). The van der Waals surface area contributed by atoms with Crippen LogP contribution >= 0.6 is 15.9 Å². The van der Waals surface area contributed by atoms with Crippen LogP contribution in [0.15, 0.2) is 28.7 Å². The van der Waals surface area contributed by atoms with Gasteiger partial charge in [0.1, 0.15) is 5.75 Å². The van der Waals surface area contributed by atoms with Crippen molar-refractivity contribution in [1.82, 2.24) is 5.32 Å². The van der Waals surface area contributed by atoms with Crippen LogP contribution in [0.1, 0.15) is 32.6 Å². The summed E-state index contributed by atoms with van der Waals surface area (Å²) in [6, 6.07) is 7.79. The lowest BCUT2D eigenvalue weighted by Gasteiger charge is -2.13. The zero-order valence-corrected chi connectivity index (χ0v) is 14.1. The first-order valence-corrected chi connectivity index (χ1v) is 8.22. The third-order valence-corrected chi connectivity index (χ3v) is 3.68. The number of nitrogens with one attached hydrogen (secondary N) is 1. The molecular weight excluding hydrogens is 350 g/mol. The van der Waals surface area contributed by atoms with Crippen LogP contribution in [0.4, 0.5) is 0 Å². The highest BCUT2D eigenvalue weighted by Crippen LogP contribution is 2.19. The molecule has 1 fully saturated rings. The van der Waals surface area contributed by atoms with E-state index in [1.54, 1.807) is 6.92 Å². The van der Waals surface area contributed by atoms with Crippen molar-refractivity contribution in [2.45, 2.75) is 44.8 Å². The molecule has 22 heavy (non-hydrogen) atoms. The molecule has 6 heteroatoms. The standard InChI is InChI=1S/C16H20BrNO4/c1-11(16(20)18-13-7-8-13)22-15(19)6-3-9-21-14-5-2-4-12(17)10-14/h2,4-5,10-11,13H,3,6-9H2,1H3,(H,18,20). The quantitative estimate of drug-likeness (QED) is 0.565. The van der Waals surface area contributed by atoms with E-state index in [-0.39, 0.29) is 24.3 Å². The minimum Gasteiger partial charge on any atom is -0.494 e. The van der Waals surface area contributed by atoms with Crippen molar-refractivity contribution in [2.75, 3.05) is 6.61 Å². The van der Waals surface area contributed by atoms with Crippen molar-refractivity contribution < 1.29 is 19.1 Å². The zero-order chi connectivity index (χ0) is 15.9. The van der Waals surface area contributed by atoms with E-state index in [9.17, 15) is 9.59 Å². The van der Waals surface area contributed by atoms with Gasteiger partial charge in [-0.2, -0.15) is 0 Å². The summed E-state index contributed by atoms with van der Waals surface area (Å²) in [6.45, 7) is 2.02. The highest BCUT2D eigenvalue weighted by Gasteiger charge is 2.26. The van der Waals surface area contributed by atoms with Crippen LogP contribution in [-0.2, 0) is 14.3 Å². The molecule has 0 heterocycles. The van der Waals surface area contributed by atoms with Gasteiger partial charge in [-0.25, -0.2) is 0 Å². The zero-order valence-electron chi connectivity index (χ0n) is 12.5. The number of halogens is 1. The number of hydrogen-bond donors (Lipinski definition) is 1. The number of amides is 1. The summed E-state index contributed by atoms with van der Waals surface area (Å²) in [7, 11) is 0. The first-order valence-electron chi connectivity index (χ1n) is 7.43. The van der Waals surface area contributed by atoms with E-state index in [1.165, 1.54) is 0 Å². The van der Waals surface area contributed by atoms with Crippen molar-refractivity contribution in [3.63, 3.8) is 0 Å². The molecule has 1 atom stereocenters. The van der Waals surface area contributed by atoms with Gasteiger partial charge < -0.3 is 14.8 Å². The molecule has 1 N–H and O–H groups in total. The van der Waals surface area contributed by atoms with Gasteiger partial charge in [0.2, 0.25) is 0 Å². The molecule has 1 aliphatic carbocycles. The Morgan fingerprint density at radius 3 is 2.86 bits per heavy atom. The Bertz CT molecular complexity index is 531. The number of carbonyl (C=O) groups excluding carboxylic acids is 2. The maximum absolute atomic E-state index is 11.7. The van der Waals surface area contributed by atoms with Crippen LogP contribution in [0.5, 0.6) is 5.75 Å². The van der Waals surface area contributed by atoms with E-state index in [2.05, 4.69) is 21.2 Å². The van der Waals surface area contributed by atoms with Gasteiger partial charge in [0, 0.05) is 16.9 Å². The molecule has 0 spiro atoms. The smallest absolute Gasteiger partial charge is 0.306 e. The summed E-state index contributed by atoms with van der Waals surface area (Å²) in [4.78, 5) is 23.3. The summed E-state index contributed by atoms with van der Waals surface area (Å²) >= 11 is 3.36. The second-order valence-corrected chi connectivity index (χ2v) is 6.24. The number of rotatable bonds is 8. The Labute approximate surface area is 138 Å². The van der Waals surface area contributed by atoms with Crippen molar-refractivity contribution in [3.05, 3.63) is 28.7 Å². The summed E-state index contributed by atoms with van der Waals surface area (Å²) in [5, 5.41) is 2.81. The fraction of sp³-hybridized carbons (Fsp3) is 0.500. The number of hydrogen-bond acceptors (Lipinski definition) is 4. The first-order chi connectivity index (χ1) is 10.5. The van der Waals surface area contributed by atoms with E-state index >= 15 is 0 Å². The third kappa shape index (κ3) is 6.05. The second-order valence-electron chi connectivity index (χ2n) is 5.32. The molecule has 1 unspecified atom stereocenters. The molecule has 1 aromatic carbocycles. The normalized spacial score (nSPS) is 15.0. The Morgan fingerprint density at radius 1 is 1.41 bits per heavy atom. The fourth-order valence-corrected chi connectivity index (χ4v) is 2.20. The van der Waals surface area contributed by atoms with Crippen LogP contribution in [0, 0.1) is 0 Å². The molecule has 1 aromatic rings. The minimum atomic E-state index is -0.737. The molecule has 0 saturated heterocycles. The summed E-state index contributed by atoms with van der Waals surface area (Å²) in [5.41, 5.74) is 0. The molecule has 5 nitrogen and oxygen atoms in total. The van der Waals surface area contributed by atoms with Gasteiger partial charge in [-0.3, -0.25) is 9.59 Å². The van der Waals surface area contributed by atoms with E-state index in [0.29, 0.717) is 13.0 Å². The molecule has 1 amide bonds. The van der Waals surface area contributed by atoms with E-state index in [4.69, 9.17) is 9.47 Å². The predicted molar refractivity (Wildman–Crippen MR) is 85.6 cm³/mol. The highest BCUT2D eigenvalue weighted by molar-refractivity contribution is 9.10. The average molecular weight is 370 g/mol. The Kier molecular flexibility index (Phi) is 6.24. The highest BCUT2D eigenvalue weighted by atomic mass is 79.9. The first kappa shape index (κ1) is 16.8. The number of esters is 1. The van der Waals surface area contributed by atoms with E-state index in [1.807, 2.05) is 24.3 Å². The number of benzene rings is 1. The van der Waals surface area contributed by atoms with Crippen LogP contribution in [0.25, 0.3) is 0 Å². The summed E-state index contributed by atoms with van der Waals surface area (Å²) in [6.07, 6.45) is 2.06. The van der Waals surface area contributed by atoms with Gasteiger partial charge in [-0.15, -0.1) is 0 Å². The van der Waals surface area contributed by atoms with E-state index in [0.717, 1.165) is 23.1 Å². The van der Waals surface area contributed by atoms with Gasteiger partial charge in [-0.05, 0) is 44.4 Å². The van der Waals surface area contributed by atoms with Gasteiger partial charge in [-0.1, -0.05) is 22.0 Å². The van der Waals surface area contributed by atoms with Crippen LogP contribution < -0.4 is 10.1 Å². The van der Waals surface area contributed by atoms with Gasteiger partial charge >= 0.3 is 5.97 Å². The molecular formula is C16H20BrNO4. The van der Waals surface area contributed by atoms with Gasteiger partial charge in [0.05, 0.1) is 6.61 Å². The van der Waals surface area contributed by atoms with Crippen molar-refractivity contribution in [2.24, 2.45) is 0 Å². The second kappa shape index (κ2) is 8.17. The molecule has 1 saturated carbocycles. The Morgan fingerprint density at radius 2 is 2.18 bits per heavy atom. The van der Waals surface area contributed by atoms with Gasteiger partial charge in [0.15, 0.2) is 6.10 Å². The number of ether oxygens (including phenoxy) is 2. The third-order valence-electron chi connectivity index (χ3n) is 3.19. The van der Waals surface area contributed by atoms with E-state index < -0.39 is 6.10 Å². The van der Waals surface area contributed by atoms with Crippen molar-refractivity contribution in [1.29, 1.82) is 0 Å². The predicted octanol–water partition coefficient (Wildman–Crippen LogP) is 2.82. The Hall–Kier alpha value is -1.56. The fourth-order valence-electron chi connectivity index (χ4n) is 1.82. The molecule has 0 radical (unpaired) electrons. The topological polar surface area (TPSA) is 64.6 Å². The van der Waals surface area contributed by atoms with Crippen LogP contribution in [0.2, 0.25) is 0 Å². The van der Waals surface area contributed by atoms with Crippen molar-refractivity contribution >= 4 is 27.8 Å². The molecule has 0 aromatic heterocycles. The molecule has 1 aliphatic rings. The minimum absolute atomic E-state index is 0.221. The lowest BCUT2D eigenvalue weighted by atomic mass is 10.3. The maximum atomic E-state index is 11.7. The van der Waals surface area contributed by atoms with Crippen molar-refractivity contribution in [3.8, 4) is 5.75 Å². The van der Waals surface area contributed by atoms with Crippen LogP contribution in [-0.4, -0.2) is 30.6 Å².